The van der Waals surface area contributed by atoms with E-state index in [0.29, 0.717) is 11.6 Å². The summed E-state index contributed by atoms with van der Waals surface area (Å²) in [5.74, 6) is 1.81. The maximum absolute atomic E-state index is 5.42. The summed E-state index contributed by atoms with van der Waals surface area (Å²) in [6, 6.07) is 0. The summed E-state index contributed by atoms with van der Waals surface area (Å²) in [5.41, 5.74) is 0.0886. The largest absolute Gasteiger partial charge is 0.338 e. The zero-order valence-corrected chi connectivity index (χ0v) is 9.81. The monoisotopic (exact) mass is 233 g/mol. The van der Waals surface area contributed by atoms with Gasteiger partial charge in [-0.1, -0.05) is 24.9 Å². The Morgan fingerprint density at radius 2 is 2.24 bits per heavy atom. The molecule has 0 spiro atoms. The average molecular weight is 233 g/mol. The van der Waals surface area contributed by atoms with Crippen LogP contribution in [-0.2, 0) is 5.41 Å². The van der Waals surface area contributed by atoms with Gasteiger partial charge in [-0.15, -0.1) is 0 Å². The van der Waals surface area contributed by atoms with Gasteiger partial charge in [-0.25, -0.2) is 4.98 Å². The molecule has 2 aromatic rings. The fourth-order valence-corrected chi connectivity index (χ4v) is 2.62. The normalized spacial score (nSPS) is 18.6. The van der Waals surface area contributed by atoms with Crippen molar-refractivity contribution in [3.8, 4) is 11.6 Å². The van der Waals surface area contributed by atoms with E-state index in [0.717, 1.165) is 25.2 Å². The second-order valence-electron chi connectivity index (χ2n) is 4.60. The van der Waals surface area contributed by atoms with Gasteiger partial charge >= 0.3 is 0 Å². The highest BCUT2D eigenvalue weighted by Crippen LogP contribution is 2.43. The standard InChI is InChI=1S/C11H15N5O/c1-2-11(5-3-4-6-11)10-14-9(16-17-10)8-12-7-13-15-8/h7H,2-6H2,1H3,(H,12,13,15). The third-order valence-electron chi connectivity index (χ3n) is 3.74. The molecule has 0 saturated heterocycles. The molecule has 1 saturated carbocycles. The highest BCUT2D eigenvalue weighted by Gasteiger charge is 2.39. The van der Waals surface area contributed by atoms with Crippen LogP contribution in [-0.4, -0.2) is 25.3 Å². The van der Waals surface area contributed by atoms with Crippen molar-refractivity contribution in [1.29, 1.82) is 0 Å². The fraction of sp³-hybridized carbons (Fsp3) is 0.636. The van der Waals surface area contributed by atoms with E-state index in [-0.39, 0.29) is 5.41 Å². The molecule has 0 aliphatic heterocycles. The Morgan fingerprint density at radius 3 is 2.88 bits per heavy atom. The van der Waals surface area contributed by atoms with Gasteiger partial charge in [0, 0.05) is 5.41 Å². The molecule has 90 valence electrons. The first-order valence-corrected chi connectivity index (χ1v) is 6.04. The first-order valence-electron chi connectivity index (χ1n) is 6.04. The second-order valence-corrected chi connectivity index (χ2v) is 4.60. The van der Waals surface area contributed by atoms with Crippen molar-refractivity contribution < 1.29 is 4.52 Å². The lowest BCUT2D eigenvalue weighted by atomic mass is 9.83. The minimum Gasteiger partial charge on any atom is -0.338 e. The molecule has 0 bridgehead atoms. The summed E-state index contributed by atoms with van der Waals surface area (Å²) in [7, 11) is 0. The Labute approximate surface area is 98.8 Å². The minimum atomic E-state index is 0.0886. The smallest absolute Gasteiger partial charge is 0.239 e. The molecular formula is C11H15N5O. The van der Waals surface area contributed by atoms with Crippen molar-refractivity contribution >= 4 is 0 Å². The molecule has 0 atom stereocenters. The van der Waals surface area contributed by atoms with Crippen molar-refractivity contribution in [2.24, 2.45) is 0 Å². The third-order valence-corrected chi connectivity index (χ3v) is 3.74. The van der Waals surface area contributed by atoms with Gasteiger partial charge in [0.15, 0.2) is 5.82 Å². The maximum atomic E-state index is 5.42. The third kappa shape index (κ3) is 1.64. The molecule has 2 heterocycles. The SMILES string of the molecule is CCC1(c2nc(-c3ncn[nH]3)no2)CCCC1. The predicted octanol–water partition coefficient (Wildman–Crippen LogP) is 2.08. The van der Waals surface area contributed by atoms with Crippen molar-refractivity contribution in [3.63, 3.8) is 0 Å². The number of H-pyrrole nitrogens is 1. The lowest BCUT2D eigenvalue weighted by Crippen LogP contribution is -2.21. The fourth-order valence-electron chi connectivity index (χ4n) is 2.62. The van der Waals surface area contributed by atoms with Crippen LogP contribution in [0.2, 0.25) is 0 Å². The van der Waals surface area contributed by atoms with Crippen LogP contribution in [0.15, 0.2) is 10.9 Å². The van der Waals surface area contributed by atoms with Gasteiger partial charge < -0.3 is 4.52 Å². The van der Waals surface area contributed by atoms with E-state index in [1.165, 1.54) is 19.2 Å². The molecule has 0 radical (unpaired) electrons. The molecule has 17 heavy (non-hydrogen) atoms. The van der Waals surface area contributed by atoms with Crippen LogP contribution in [0.5, 0.6) is 0 Å². The van der Waals surface area contributed by atoms with Crippen molar-refractivity contribution in [2.75, 3.05) is 0 Å². The first kappa shape index (κ1) is 10.4. The summed E-state index contributed by atoms with van der Waals surface area (Å²) in [5, 5.41) is 10.5. The number of rotatable bonds is 3. The van der Waals surface area contributed by atoms with Crippen molar-refractivity contribution in [1.82, 2.24) is 25.3 Å². The molecule has 1 fully saturated rings. The van der Waals surface area contributed by atoms with Gasteiger partial charge in [-0.2, -0.15) is 10.1 Å². The summed E-state index contributed by atoms with van der Waals surface area (Å²) < 4.78 is 5.42. The maximum Gasteiger partial charge on any atom is 0.239 e. The van der Waals surface area contributed by atoms with E-state index >= 15 is 0 Å². The molecule has 1 aliphatic rings. The van der Waals surface area contributed by atoms with Gasteiger partial charge in [-0.05, 0) is 19.3 Å². The minimum absolute atomic E-state index is 0.0886. The Bertz CT molecular complexity index is 484. The van der Waals surface area contributed by atoms with Crippen LogP contribution in [0, 0.1) is 0 Å². The summed E-state index contributed by atoms with van der Waals surface area (Å²) in [4.78, 5) is 8.49. The number of nitrogens with one attached hydrogen (secondary N) is 1. The van der Waals surface area contributed by atoms with Gasteiger partial charge in [0.25, 0.3) is 0 Å². The molecule has 2 aromatic heterocycles. The van der Waals surface area contributed by atoms with E-state index in [9.17, 15) is 0 Å². The van der Waals surface area contributed by atoms with Crippen molar-refractivity contribution in [2.45, 2.75) is 44.4 Å². The van der Waals surface area contributed by atoms with Gasteiger partial charge in [0.2, 0.25) is 11.7 Å². The quantitative estimate of drug-likeness (QED) is 0.877. The summed E-state index contributed by atoms with van der Waals surface area (Å²) >= 11 is 0. The van der Waals surface area contributed by atoms with Gasteiger partial charge in [0.05, 0.1) is 0 Å². The molecule has 6 nitrogen and oxygen atoms in total. The van der Waals surface area contributed by atoms with Crippen LogP contribution in [0.25, 0.3) is 11.6 Å². The van der Waals surface area contributed by atoms with Crippen LogP contribution in [0.1, 0.15) is 44.9 Å². The lowest BCUT2D eigenvalue weighted by Gasteiger charge is -2.21. The Morgan fingerprint density at radius 1 is 1.41 bits per heavy atom. The van der Waals surface area contributed by atoms with Crippen LogP contribution < -0.4 is 0 Å². The molecule has 0 aromatic carbocycles. The van der Waals surface area contributed by atoms with E-state index < -0.39 is 0 Å². The highest BCUT2D eigenvalue weighted by molar-refractivity contribution is 5.40. The van der Waals surface area contributed by atoms with Crippen LogP contribution >= 0.6 is 0 Å². The van der Waals surface area contributed by atoms with E-state index in [4.69, 9.17) is 4.52 Å². The second kappa shape index (κ2) is 3.94. The first-order chi connectivity index (χ1) is 8.34. The molecular weight excluding hydrogens is 218 g/mol. The van der Waals surface area contributed by atoms with Crippen LogP contribution in [0.3, 0.4) is 0 Å². The van der Waals surface area contributed by atoms with E-state index in [1.54, 1.807) is 0 Å². The van der Waals surface area contributed by atoms with Crippen LogP contribution in [0.4, 0.5) is 0 Å². The zero-order valence-electron chi connectivity index (χ0n) is 9.81. The Hall–Kier alpha value is -1.72. The van der Waals surface area contributed by atoms with E-state index in [1.807, 2.05) is 0 Å². The molecule has 1 aliphatic carbocycles. The van der Waals surface area contributed by atoms with Gasteiger partial charge in [0.1, 0.15) is 6.33 Å². The number of hydrogen-bond acceptors (Lipinski definition) is 5. The average Bonchev–Trinajstić information content (AvgIpc) is 3.10. The molecule has 6 heteroatoms. The van der Waals surface area contributed by atoms with Crippen molar-refractivity contribution in [3.05, 3.63) is 12.2 Å². The predicted molar refractivity (Wildman–Crippen MR) is 60.1 cm³/mol. The van der Waals surface area contributed by atoms with E-state index in [2.05, 4.69) is 32.2 Å². The summed E-state index contributed by atoms with van der Waals surface area (Å²) in [6.07, 6.45) is 7.26. The number of aromatic amines is 1. The Balaban J connectivity index is 1.94. The number of nitrogens with zero attached hydrogens (tertiary/aromatic N) is 4. The van der Waals surface area contributed by atoms with Gasteiger partial charge in [-0.3, -0.25) is 5.10 Å². The summed E-state index contributed by atoms with van der Waals surface area (Å²) in [6.45, 7) is 2.18. The molecule has 1 N–H and O–H groups in total. The molecule has 0 amide bonds. The molecule has 0 unspecified atom stereocenters. The molecule has 3 rings (SSSR count). The topological polar surface area (TPSA) is 80.5 Å². The zero-order chi connectivity index (χ0) is 11.7. The lowest BCUT2D eigenvalue weighted by molar-refractivity contribution is 0.273. The highest BCUT2D eigenvalue weighted by atomic mass is 16.5. The number of aromatic nitrogens is 5. The number of hydrogen-bond donors (Lipinski definition) is 1. The Kier molecular flexibility index (Phi) is 2.42.